The van der Waals surface area contributed by atoms with Gasteiger partial charge in [-0.3, -0.25) is 9.69 Å². The molecule has 1 amide bonds. The van der Waals surface area contributed by atoms with Crippen molar-refractivity contribution in [1.82, 2.24) is 4.90 Å². The van der Waals surface area contributed by atoms with E-state index in [9.17, 15) is 10.1 Å². The van der Waals surface area contributed by atoms with Crippen molar-refractivity contribution in [3.8, 4) is 6.07 Å². The first kappa shape index (κ1) is 15.7. The maximum atomic E-state index is 10.9. The summed E-state index contributed by atoms with van der Waals surface area (Å²) in [5, 5.41) is 12.8. The summed E-state index contributed by atoms with van der Waals surface area (Å²) < 4.78 is 0. The van der Waals surface area contributed by atoms with Crippen LogP contribution < -0.4 is 11.1 Å². The molecule has 112 valence electrons. The third kappa shape index (κ3) is 4.13. The average Bonchev–Trinajstić information content (AvgIpc) is 2.48. The van der Waals surface area contributed by atoms with Crippen LogP contribution >= 0.6 is 11.8 Å². The summed E-state index contributed by atoms with van der Waals surface area (Å²) in [6.07, 6.45) is 3.87. The first-order valence-electron chi connectivity index (χ1n) is 6.98. The number of hydrogen-bond acceptors (Lipinski definition) is 5. The molecule has 1 fully saturated rings. The van der Waals surface area contributed by atoms with Crippen molar-refractivity contribution in [2.75, 3.05) is 31.2 Å². The number of hydrogen-bond donors (Lipinski definition) is 2. The van der Waals surface area contributed by atoms with Crippen LogP contribution in [0.25, 0.3) is 0 Å². The summed E-state index contributed by atoms with van der Waals surface area (Å²) in [6.45, 7) is 2.04. The van der Waals surface area contributed by atoms with Crippen molar-refractivity contribution in [2.45, 2.75) is 23.8 Å². The molecule has 2 rings (SSSR count). The molecule has 0 unspecified atom stereocenters. The third-order valence-corrected chi connectivity index (χ3v) is 4.46. The van der Waals surface area contributed by atoms with E-state index in [2.05, 4.69) is 16.3 Å². The zero-order chi connectivity index (χ0) is 15.2. The Morgan fingerprint density at radius 3 is 2.81 bits per heavy atom. The zero-order valence-electron chi connectivity index (χ0n) is 12.1. The molecule has 0 atom stereocenters. The number of thioether (sulfide) groups is 1. The van der Waals surface area contributed by atoms with Gasteiger partial charge in [0.1, 0.15) is 6.07 Å². The predicted molar refractivity (Wildman–Crippen MR) is 85.2 cm³/mol. The van der Waals surface area contributed by atoms with Gasteiger partial charge in [0.25, 0.3) is 0 Å². The molecule has 0 spiro atoms. The van der Waals surface area contributed by atoms with Crippen molar-refractivity contribution in [2.24, 2.45) is 5.73 Å². The molecule has 1 aromatic carbocycles. The SMILES string of the molecule is CSc1cccc(NC2CCN(CC(N)=O)CC2)c1C#N. The first-order valence-corrected chi connectivity index (χ1v) is 8.20. The minimum Gasteiger partial charge on any atom is -0.381 e. The number of nitrogens with one attached hydrogen (secondary N) is 1. The molecule has 1 aliphatic rings. The van der Waals surface area contributed by atoms with Gasteiger partial charge in [-0.15, -0.1) is 11.8 Å². The summed E-state index contributed by atoms with van der Waals surface area (Å²) >= 11 is 1.58. The average molecular weight is 304 g/mol. The first-order chi connectivity index (χ1) is 10.1. The number of anilines is 1. The van der Waals surface area contributed by atoms with Gasteiger partial charge in [-0.05, 0) is 31.2 Å². The van der Waals surface area contributed by atoms with E-state index in [1.54, 1.807) is 11.8 Å². The van der Waals surface area contributed by atoms with Crippen molar-refractivity contribution in [1.29, 1.82) is 5.26 Å². The maximum absolute atomic E-state index is 10.9. The van der Waals surface area contributed by atoms with Crippen molar-refractivity contribution in [3.63, 3.8) is 0 Å². The predicted octanol–water partition coefficient (Wildman–Crippen LogP) is 1.64. The fraction of sp³-hybridized carbons (Fsp3) is 0.467. The molecular formula is C15H20N4OS. The largest absolute Gasteiger partial charge is 0.381 e. The van der Waals surface area contributed by atoms with Gasteiger partial charge in [-0.25, -0.2) is 0 Å². The molecule has 1 heterocycles. The Hall–Kier alpha value is -1.71. The number of nitrogens with two attached hydrogens (primary N) is 1. The van der Waals surface area contributed by atoms with Crippen molar-refractivity contribution < 1.29 is 4.79 Å². The zero-order valence-corrected chi connectivity index (χ0v) is 12.9. The number of piperidine rings is 1. The number of benzene rings is 1. The molecular weight excluding hydrogens is 284 g/mol. The van der Waals surface area contributed by atoms with Crippen molar-refractivity contribution in [3.05, 3.63) is 23.8 Å². The summed E-state index contributed by atoms with van der Waals surface area (Å²) in [7, 11) is 0. The van der Waals surface area contributed by atoms with Crippen LogP contribution in [0.4, 0.5) is 5.69 Å². The lowest BCUT2D eigenvalue weighted by molar-refractivity contribution is -0.119. The van der Waals surface area contributed by atoms with E-state index in [1.807, 2.05) is 24.5 Å². The van der Waals surface area contributed by atoms with E-state index < -0.39 is 0 Å². The number of likely N-dealkylation sites (tertiary alicyclic amines) is 1. The summed E-state index contributed by atoms with van der Waals surface area (Å²) in [5.41, 5.74) is 6.83. The lowest BCUT2D eigenvalue weighted by atomic mass is 10.0. The number of primary amides is 1. The maximum Gasteiger partial charge on any atom is 0.231 e. The van der Waals surface area contributed by atoms with Gasteiger partial charge in [-0.1, -0.05) is 6.07 Å². The highest BCUT2D eigenvalue weighted by molar-refractivity contribution is 7.98. The van der Waals surface area contributed by atoms with E-state index in [0.717, 1.165) is 36.5 Å². The molecule has 5 nitrogen and oxygen atoms in total. The molecule has 0 radical (unpaired) electrons. The van der Waals surface area contributed by atoms with Crippen LogP contribution in [0, 0.1) is 11.3 Å². The van der Waals surface area contributed by atoms with Gasteiger partial charge in [-0.2, -0.15) is 5.26 Å². The highest BCUT2D eigenvalue weighted by Crippen LogP contribution is 2.27. The Kier molecular flexibility index (Phi) is 5.48. The molecule has 0 aliphatic carbocycles. The standard InChI is InChI=1S/C15H20N4OS/c1-21-14-4-2-3-13(12(14)9-16)18-11-5-7-19(8-6-11)10-15(17)20/h2-4,11,18H,5-8,10H2,1H3,(H2,17,20). The lowest BCUT2D eigenvalue weighted by Crippen LogP contribution is -2.43. The fourth-order valence-electron chi connectivity index (χ4n) is 2.61. The smallest absolute Gasteiger partial charge is 0.231 e. The Morgan fingerprint density at radius 2 is 2.24 bits per heavy atom. The van der Waals surface area contributed by atoms with Crippen LogP contribution in [0.15, 0.2) is 23.1 Å². The Bertz CT molecular complexity index is 547. The number of rotatable bonds is 5. The van der Waals surface area contributed by atoms with E-state index in [4.69, 9.17) is 5.73 Å². The van der Waals surface area contributed by atoms with Gasteiger partial charge in [0.2, 0.25) is 5.91 Å². The van der Waals surface area contributed by atoms with E-state index in [1.165, 1.54) is 0 Å². The topological polar surface area (TPSA) is 82.2 Å². The van der Waals surface area contributed by atoms with Crippen LogP contribution in [0.5, 0.6) is 0 Å². The van der Waals surface area contributed by atoms with E-state index in [0.29, 0.717) is 18.2 Å². The second-order valence-corrected chi connectivity index (χ2v) is 6.00. The highest BCUT2D eigenvalue weighted by atomic mass is 32.2. The molecule has 1 aliphatic heterocycles. The number of carbonyl (C=O) groups excluding carboxylic acids is 1. The van der Waals surface area contributed by atoms with E-state index in [-0.39, 0.29) is 5.91 Å². The van der Waals surface area contributed by atoms with Gasteiger partial charge in [0, 0.05) is 24.0 Å². The van der Waals surface area contributed by atoms with Gasteiger partial charge >= 0.3 is 0 Å². The molecule has 1 aromatic rings. The summed E-state index contributed by atoms with van der Waals surface area (Å²) in [4.78, 5) is 14.0. The van der Waals surface area contributed by atoms with Crippen LogP contribution in [-0.4, -0.2) is 42.7 Å². The third-order valence-electron chi connectivity index (χ3n) is 3.68. The van der Waals surface area contributed by atoms with E-state index >= 15 is 0 Å². The Labute approximate surface area is 129 Å². The highest BCUT2D eigenvalue weighted by Gasteiger charge is 2.21. The van der Waals surface area contributed by atoms with Gasteiger partial charge in [0.15, 0.2) is 0 Å². The molecule has 3 N–H and O–H groups in total. The molecule has 0 bridgehead atoms. The second-order valence-electron chi connectivity index (χ2n) is 5.16. The lowest BCUT2D eigenvalue weighted by Gasteiger charge is -2.32. The molecule has 0 saturated carbocycles. The Balaban J connectivity index is 1.98. The molecule has 0 aromatic heterocycles. The molecule has 1 saturated heterocycles. The number of nitriles is 1. The molecule has 21 heavy (non-hydrogen) atoms. The number of nitrogens with zero attached hydrogens (tertiary/aromatic N) is 2. The molecule has 6 heteroatoms. The quantitative estimate of drug-likeness (QED) is 0.808. The minimum absolute atomic E-state index is 0.277. The monoisotopic (exact) mass is 304 g/mol. The minimum atomic E-state index is -0.277. The fourth-order valence-corrected chi connectivity index (χ4v) is 3.19. The Morgan fingerprint density at radius 1 is 1.52 bits per heavy atom. The van der Waals surface area contributed by atoms with Crippen LogP contribution in [0.1, 0.15) is 18.4 Å². The van der Waals surface area contributed by atoms with Crippen molar-refractivity contribution >= 4 is 23.4 Å². The van der Waals surface area contributed by atoms with Crippen LogP contribution in [0.2, 0.25) is 0 Å². The number of amides is 1. The second kappa shape index (κ2) is 7.34. The van der Waals surface area contributed by atoms with Gasteiger partial charge < -0.3 is 11.1 Å². The van der Waals surface area contributed by atoms with Crippen LogP contribution in [-0.2, 0) is 4.79 Å². The number of carbonyl (C=O) groups is 1. The van der Waals surface area contributed by atoms with Gasteiger partial charge in [0.05, 0.1) is 17.8 Å². The van der Waals surface area contributed by atoms with Crippen LogP contribution in [0.3, 0.4) is 0 Å². The normalized spacial score (nSPS) is 16.4. The summed E-state index contributed by atoms with van der Waals surface area (Å²) in [5.74, 6) is -0.277. The summed E-state index contributed by atoms with van der Waals surface area (Å²) in [6, 6.07) is 8.50.